The van der Waals surface area contributed by atoms with Gasteiger partial charge >= 0.3 is 5.97 Å². The van der Waals surface area contributed by atoms with Crippen molar-refractivity contribution in [2.24, 2.45) is 0 Å². The molecule has 0 aliphatic heterocycles. The minimum atomic E-state index is -0.630. The Morgan fingerprint density at radius 3 is 2.53 bits per heavy atom. The van der Waals surface area contributed by atoms with Gasteiger partial charge in [-0.2, -0.15) is 5.26 Å². The zero-order valence-electron chi connectivity index (χ0n) is 16.8. The molecule has 3 rings (SSSR count). The van der Waals surface area contributed by atoms with Crippen LogP contribution in [-0.4, -0.2) is 18.5 Å². The van der Waals surface area contributed by atoms with Crippen molar-refractivity contribution in [1.82, 2.24) is 0 Å². The van der Waals surface area contributed by atoms with Crippen LogP contribution in [0.1, 0.15) is 34.4 Å². The van der Waals surface area contributed by atoms with E-state index in [2.05, 4.69) is 5.32 Å². The van der Waals surface area contributed by atoms with Crippen LogP contribution in [-0.2, 0) is 9.53 Å². The van der Waals surface area contributed by atoms with Crippen LogP contribution in [0.15, 0.2) is 51.8 Å². The summed E-state index contributed by atoms with van der Waals surface area (Å²) < 4.78 is 10.6. The van der Waals surface area contributed by atoms with Crippen LogP contribution in [0.2, 0.25) is 0 Å². The van der Waals surface area contributed by atoms with E-state index in [0.29, 0.717) is 22.1 Å². The third-order valence-corrected chi connectivity index (χ3v) is 5.17. The maximum atomic E-state index is 12.7. The quantitative estimate of drug-likeness (QED) is 0.330. The van der Waals surface area contributed by atoms with Gasteiger partial charge in [0, 0.05) is 17.0 Å². The number of aryl methyl sites for hydroxylation is 2. The van der Waals surface area contributed by atoms with Crippen molar-refractivity contribution in [2.75, 3.05) is 11.9 Å². The van der Waals surface area contributed by atoms with Crippen LogP contribution >= 0.6 is 11.3 Å². The summed E-state index contributed by atoms with van der Waals surface area (Å²) in [7, 11) is 0. The van der Waals surface area contributed by atoms with E-state index in [-0.39, 0.29) is 17.7 Å². The Labute approximate surface area is 178 Å². The van der Waals surface area contributed by atoms with Crippen molar-refractivity contribution in [3.63, 3.8) is 0 Å². The van der Waals surface area contributed by atoms with Crippen LogP contribution in [0.4, 0.5) is 5.00 Å². The summed E-state index contributed by atoms with van der Waals surface area (Å²) >= 11 is 1.20. The van der Waals surface area contributed by atoms with Gasteiger partial charge in [0.05, 0.1) is 6.61 Å². The largest absolute Gasteiger partial charge is 0.462 e. The molecule has 2 heterocycles. The Kier molecular flexibility index (Phi) is 6.50. The molecule has 0 aliphatic rings. The lowest BCUT2D eigenvalue weighted by Gasteiger charge is -2.09. The second-order valence-corrected chi connectivity index (χ2v) is 7.39. The summed E-state index contributed by atoms with van der Waals surface area (Å²) in [6, 6.07) is 13.0. The fourth-order valence-corrected chi connectivity index (χ4v) is 3.75. The number of nitrogens with one attached hydrogen (secondary N) is 1. The molecule has 152 valence electrons. The summed E-state index contributed by atoms with van der Waals surface area (Å²) in [5, 5.41) is 14.2. The van der Waals surface area contributed by atoms with Crippen molar-refractivity contribution in [3.05, 3.63) is 70.0 Å². The van der Waals surface area contributed by atoms with Crippen molar-refractivity contribution < 1.29 is 18.7 Å². The average Bonchev–Trinajstić information content (AvgIpc) is 3.32. The van der Waals surface area contributed by atoms with Crippen molar-refractivity contribution in [2.45, 2.75) is 20.8 Å². The molecular weight excluding hydrogens is 400 g/mol. The average molecular weight is 420 g/mol. The minimum absolute atomic E-state index is 0.135. The highest BCUT2D eigenvalue weighted by Gasteiger charge is 2.23. The second kappa shape index (κ2) is 9.25. The van der Waals surface area contributed by atoms with Crippen LogP contribution < -0.4 is 5.32 Å². The standard InChI is InChI=1S/C23H20N2O4S/c1-4-28-23(27)20-19(16-8-5-14(2)6-9-16)13-30-22(20)25-21(26)17(12-24)11-18-10-7-15(3)29-18/h5-11,13H,4H2,1-3H3,(H,25,26)/b17-11+. The third kappa shape index (κ3) is 4.67. The number of nitriles is 1. The maximum absolute atomic E-state index is 12.7. The van der Waals surface area contributed by atoms with Crippen LogP contribution in [0.25, 0.3) is 17.2 Å². The number of amides is 1. The number of benzene rings is 1. The van der Waals surface area contributed by atoms with E-state index in [1.54, 1.807) is 31.4 Å². The Morgan fingerprint density at radius 1 is 1.20 bits per heavy atom. The smallest absolute Gasteiger partial charge is 0.341 e. The monoisotopic (exact) mass is 420 g/mol. The molecule has 0 saturated carbocycles. The molecule has 0 unspecified atom stereocenters. The Balaban J connectivity index is 1.96. The number of hydrogen-bond donors (Lipinski definition) is 1. The lowest BCUT2D eigenvalue weighted by Crippen LogP contribution is -2.16. The first-order valence-electron chi connectivity index (χ1n) is 9.28. The number of rotatable bonds is 6. The summed E-state index contributed by atoms with van der Waals surface area (Å²) in [4.78, 5) is 25.3. The molecule has 1 N–H and O–H groups in total. The van der Waals surface area contributed by atoms with Gasteiger partial charge in [0.2, 0.25) is 0 Å². The van der Waals surface area contributed by atoms with Gasteiger partial charge in [-0.3, -0.25) is 4.79 Å². The van der Waals surface area contributed by atoms with Crippen molar-refractivity contribution >= 4 is 34.3 Å². The predicted molar refractivity (Wildman–Crippen MR) is 116 cm³/mol. The fraction of sp³-hybridized carbons (Fsp3) is 0.174. The van der Waals surface area contributed by atoms with Crippen LogP contribution in [0, 0.1) is 25.2 Å². The number of carbonyl (C=O) groups is 2. The van der Waals surface area contributed by atoms with Gasteiger partial charge in [0.15, 0.2) is 0 Å². The molecule has 30 heavy (non-hydrogen) atoms. The van der Waals surface area contributed by atoms with Gasteiger partial charge in [-0.15, -0.1) is 11.3 Å². The number of nitrogens with zero attached hydrogens (tertiary/aromatic N) is 1. The molecule has 0 bridgehead atoms. The molecule has 0 saturated heterocycles. The Morgan fingerprint density at radius 2 is 1.93 bits per heavy atom. The van der Waals surface area contributed by atoms with E-state index in [0.717, 1.165) is 11.1 Å². The minimum Gasteiger partial charge on any atom is -0.462 e. The maximum Gasteiger partial charge on any atom is 0.341 e. The molecule has 0 spiro atoms. The van der Waals surface area contributed by atoms with Gasteiger partial charge in [-0.05, 0) is 38.5 Å². The fourth-order valence-electron chi connectivity index (χ4n) is 2.79. The molecule has 3 aromatic rings. The highest BCUT2D eigenvalue weighted by Crippen LogP contribution is 2.36. The van der Waals surface area contributed by atoms with Gasteiger partial charge in [-0.1, -0.05) is 29.8 Å². The molecule has 0 aliphatic carbocycles. The normalized spacial score (nSPS) is 11.1. The summed E-state index contributed by atoms with van der Waals surface area (Å²) in [5.41, 5.74) is 2.73. The summed E-state index contributed by atoms with van der Waals surface area (Å²) in [5.74, 6) is -0.0935. The molecule has 2 aromatic heterocycles. The van der Waals surface area contributed by atoms with E-state index in [9.17, 15) is 14.9 Å². The molecule has 0 radical (unpaired) electrons. The van der Waals surface area contributed by atoms with Crippen LogP contribution in [0.5, 0.6) is 0 Å². The number of carbonyl (C=O) groups excluding carboxylic acids is 2. The topological polar surface area (TPSA) is 92.3 Å². The number of thiophene rings is 1. The first kappa shape index (κ1) is 21.1. The molecule has 6 nitrogen and oxygen atoms in total. The van der Waals surface area contributed by atoms with Gasteiger partial charge in [0.1, 0.15) is 33.7 Å². The van der Waals surface area contributed by atoms with Crippen LogP contribution in [0.3, 0.4) is 0 Å². The predicted octanol–water partition coefficient (Wildman–Crippen LogP) is 5.35. The Hall–Kier alpha value is -3.63. The zero-order valence-corrected chi connectivity index (χ0v) is 17.6. The molecule has 0 atom stereocenters. The molecule has 1 aromatic carbocycles. The molecule has 0 fully saturated rings. The molecule has 1 amide bonds. The van der Waals surface area contributed by atoms with E-state index in [1.165, 1.54) is 17.4 Å². The SMILES string of the molecule is CCOC(=O)c1c(-c2ccc(C)cc2)csc1NC(=O)/C(C#N)=C/c1ccc(C)o1. The number of hydrogen-bond acceptors (Lipinski definition) is 6. The summed E-state index contributed by atoms with van der Waals surface area (Å²) in [6.07, 6.45) is 1.36. The van der Waals surface area contributed by atoms with Crippen molar-refractivity contribution in [1.29, 1.82) is 5.26 Å². The van der Waals surface area contributed by atoms with E-state index < -0.39 is 11.9 Å². The summed E-state index contributed by atoms with van der Waals surface area (Å²) in [6.45, 7) is 5.67. The van der Waals surface area contributed by atoms with Gasteiger partial charge < -0.3 is 14.5 Å². The lowest BCUT2D eigenvalue weighted by molar-refractivity contribution is -0.112. The first-order valence-corrected chi connectivity index (χ1v) is 10.2. The number of anilines is 1. The van der Waals surface area contributed by atoms with Gasteiger partial charge in [-0.25, -0.2) is 4.79 Å². The van der Waals surface area contributed by atoms with E-state index in [4.69, 9.17) is 9.15 Å². The van der Waals surface area contributed by atoms with Crippen molar-refractivity contribution in [3.8, 4) is 17.2 Å². The molecule has 7 heteroatoms. The Bertz CT molecular complexity index is 1150. The highest BCUT2D eigenvalue weighted by molar-refractivity contribution is 7.15. The molecular formula is C23H20N2O4S. The lowest BCUT2D eigenvalue weighted by atomic mass is 10.0. The third-order valence-electron chi connectivity index (χ3n) is 4.27. The highest BCUT2D eigenvalue weighted by atomic mass is 32.1. The van der Waals surface area contributed by atoms with E-state index >= 15 is 0 Å². The number of esters is 1. The number of furan rings is 1. The number of ether oxygens (including phenoxy) is 1. The van der Waals surface area contributed by atoms with E-state index in [1.807, 2.05) is 37.3 Å². The zero-order chi connectivity index (χ0) is 21.7. The van der Waals surface area contributed by atoms with Gasteiger partial charge in [0.25, 0.3) is 5.91 Å². The second-order valence-electron chi connectivity index (χ2n) is 6.51. The first-order chi connectivity index (χ1) is 14.4.